The van der Waals surface area contributed by atoms with Crippen LogP contribution in [0, 0.1) is 0 Å². The van der Waals surface area contributed by atoms with Crippen molar-refractivity contribution in [2.45, 2.75) is 13.0 Å². The van der Waals surface area contributed by atoms with E-state index in [9.17, 15) is 0 Å². The molecule has 22 heavy (non-hydrogen) atoms. The van der Waals surface area contributed by atoms with Gasteiger partial charge in [-0.3, -0.25) is 4.99 Å². The second-order valence-electron chi connectivity index (χ2n) is 5.22. The van der Waals surface area contributed by atoms with Crippen LogP contribution >= 0.6 is 0 Å². The van der Waals surface area contributed by atoms with Crippen LogP contribution in [0.25, 0.3) is 0 Å². The maximum absolute atomic E-state index is 5.65. The molecule has 0 saturated carbocycles. The van der Waals surface area contributed by atoms with Crippen LogP contribution in [-0.2, 0) is 6.54 Å². The zero-order valence-electron chi connectivity index (χ0n) is 13.9. The third-order valence-electron chi connectivity index (χ3n) is 3.07. The highest BCUT2D eigenvalue weighted by Gasteiger charge is 2.04. The molecule has 0 aliphatic heterocycles. The van der Waals surface area contributed by atoms with Crippen molar-refractivity contribution < 1.29 is 4.74 Å². The molecule has 0 atom stereocenters. The van der Waals surface area contributed by atoms with Gasteiger partial charge in [0.05, 0.1) is 0 Å². The summed E-state index contributed by atoms with van der Waals surface area (Å²) in [6, 6.07) is 7.99. The number of guanidine groups is 1. The summed E-state index contributed by atoms with van der Waals surface area (Å²) in [7, 11) is 5.93. The van der Waals surface area contributed by atoms with Gasteiger partial charge in [-0.25, -0.2) is 0 Å². The van der Waals surface area contributed by atoms with Gasteiger partial charge in [-0.15, -0.1) is 0 Å². The lowest BCUT2D eigenvalue weighted by molar-refractivity contribution is 0.358. The van der Waals surface area contributed by atoms with Crippen LogP contribution in [0.3, 0.4) is 0 Å². The Kier molecular flexibility index (Phi) is 8.76. The first kappa shape index (κ1) is 18.0. The third kappa shape index (κ3) is 7.13. The van der Waals surface area contributed by atoms with Crippen molar-refractivity contribution in [2.24, 2.45) is 4.99 Å². The van der Waals surface area contributed by atoms with Gasteiger partial charge in [0.2, 0.25) is 0 Å². The predicted molar refractivity (Wildman–Crippen MR) is 93.5 cm³/mol. The van der Waals surface area contributed by atoms with E-state index in [1.54, 1.807) is 13.1 Å². The smallest absolute Gasteiger partial charge is 0.191 e. The standard InChI is InChI=1S/C17H28N4O/c1-5-13-22-16-10-7-6-9-15(16)14-20-17(18-2)19-11-8-12-21(3)4/h5-7,9-10H,1,8,11-14H2,2-4H3,(H2,18,19,20). The lowest BCUT2D eigenvalue weighted by Crippen LogP contribution is -2.38. The van der Waals surface area contributed by atoms with Gasteiger partial charge >= 0.3 is 0 Å². The van der Waals surface area contributed by atoms with Crippen molar-refractivity contribution in [3.8, 4) is 5.75 Å². The highest BCUT2D eigenvalue weighted by molar-refractivity contribution is 5.79. The summed E-state index contributed by atoms with van der Waals surface area (Å²) in [4.78, 5) is 6.41. The number of benzene rings is 1. The summed E-state index contributed by atoms with van der Waals surface area (Å²) >= 11 is 0. The molecule has 0 fully saturated rings. The molecule has 0 amide bonds. The van der Waals surface area contributed by atoms with Gasteiger partial charge in [-0.1, -0.05) is 30.9 Å². The first-order chi connectivity index (χ1) is 10.7. The number of ether oxygens (including phenoxy) is 1. The second kappa shape index (κ2) is 10.7. The number of nitrogens with zero attached hydrogens (tertiary/aromatic N) is 2. The molecule has 0 aliphatic rings. The highest BCUT2D eigenvalue weighted by atomic mass is 16.5. The van der Waals surface area contributed by atoms with Gasteiger partial charge in [0.25, 0.3) is 0 Å². The van der Waals surface area contributed by atoms with Crippen molar-refractivity contribution in [3.63, 3.8) is 0 Å². The molecule has 5 nitrogen and oxygen atoms in total. The minimum Gasteiger partial charge on any atom is -0.489 e. The molecular formula is C17H28N4O. The first-order valence-electron chi connectivity index (χ1n) is 7.58. The Balaban J connectivity index is 2.44. The monoisotopic (exact) mass is 304 g/mol. The number of rotatable bonds is 9. The Morgan fingerprint density at radius 3 is 2.77 bits per heavy atom. The second-order valence-corrected chi connectivity index (χ2v) is 5.22. The third-order valence-corrected chi connectivity index (χ3v) is 3.07. The summed E-state index contributed by atoms with van der Waals surface area (Å²) in [5.74, 6) is 1.68. The van der Waals surface area contributed by atoms with Gasteiger partial charge < -0.3 is 20.3 Å². The topological polar surface area (TPSA) is 48.9 Å². The minimum absolute atomic E-state index is 0.508. The molecule has 2 N–H and O–H groups in total. The maximum atomic E-state index is 5.65. The fourth-order valence-corrected chi connectivity index (χ4v) is 1.94. The maximum Gasteiger partial charge on any atom is 0.191 e. The van der Waals surface area contributed by atoms with Crippen LogP contribution in [-0.4, -0.2) is 51.7 Å². The SMILES string of the molecule is C=CCOc1ccccc1CNC(=NC)NCCCN(C)C. The molecule has 0 heterocycles. The summed E-state index contributed by atoms with van der Waals surface area (Å²) in [5, 5.41) is 6.62. The van der Waals surface area contributed by atoms with E-state index >= 15 is 0 Å². The fourth-order valence-electron chi connectivity index (χ4n) is 1.94. The van der Waals surface area contributed by atoms with Crippen molar-refractivity contribution in [2.75, 3.05) is 40.8 Å². The van der Waals surface area contributed by atoms with Crippen LogP contribution in [0.4, 0.5) is 0 Å². The van der Waals surface area contributed by atoms with Gasteiger partial charge in [0.15, 0.2) is 5.96 Å². The average molecular weight is 304 g/mol. The van der Waals surface area contributed by atoms with Gasteiger partial charge in [0, 0.05) is 25.7 Å². The normalized spacial score (nSPS) is 11.4. The molecule has 0 radical (unpaired) electrons. The van der Waals surface area contributed by atoms with E-state index in [1.165, 1.54) is 0 Å². The molecule has 0 aromatic heterocycles. The minimum atomic E-state index is 0.508. The molecule has 1 aromatic rings. The molecule has 0 saturated heterocycles. The zero-order chi connectivity index (χ0) is 16.2. The Labute approximate surface area is 134 Å². The summed E-state index contributed by atoms with van der Waals surface area (Å²) in [6.45, 7) is 6.80. The number of hydrogen-bond acceptors (Lipinski definition) is 3. The molecule has 122 valence electrons. The van der Waals surface area contributed by atoms with Crippen molar-refractivity contribution in [3.05, 3.63) is 42.5 Å². The Morgan fingerprint density at radius 2 is 2.09 bits per heavy atom. The largest absolute Gasteiger partial charge is 0.489 e. The van der Waals surface area contributed by atoms with Crippen LogP contribution < -0.4 is 15.4 Å². The molecule has 0 spiro atoms. The summed E-state index contributed by atoms with van der Waals surface area (Å²) < 4.78 is 5.65. The molecule has 5 heteroatoms. The molecule has 0 unspecified atom stereocenters. The van der Waals surface area contributed by atoms with E-state index in [0.29, 0.717) is 13.2 Å². The fraction of sp³-hybridized carbons (Fsp3) is 0.471. The Bertz CT molecular complexity index is 471. The summed E-state index contributed by atoms with van der Waals surface area (Å²) in [5.41, 5.74) is 1.10. The van der Waals surface area contributed by atoms with Gasteiger partial charge in [-0.2, -0.15) is 0 Å². The van der Waals surface area contributed by atoms with E-state index in [-0.39, 0.29) is 0 Å². The van der Waals surface area contributed by atoms with Crippen molar-refractivity contribution in [1.82, 2.24) is 15.5 Å². The Morgan fingerprint density at radius 1 is 1.32 bits per heavy atom. The van der Waals surface area contributed by atoms with Gasteiger partial charge in [0.1, 0.15) is 12.4 Å². The van der Waals surface area contributed by atoms with Crippen LogP contribution in [0.15, 0.2) is 41.9 Å². The number of hydrogen-bond donors (Lipinski definition) is 2. The Hall–Kier alpha value is -2.01. The van der Waals surface area contributed by atoms with E-state index in [4.69, 9.17) is 4.74 Å². The quantitative estimate of drug-likeness (QED) is 0.316. The van der Waals surface area contributed by atoms with Crippen LogP contribution in [0.1, 0.15) is 12.0 Å². The van der Waals surface area contributed by atoms with E-state index in [1.807, 2.05) is 24.3 Å². The number of nitrogens with one attached hydrogen (secondary N) is 2. The lowest BCUT2D eigenvalue weighted by Gasteiger charge is -2.15. The molecule has 0 bridgehead atoms. The lowest BCUT2D eigenvalue weighted by atomic mass is 10.2. The van der Waals surface area contributed by atoms with E-state index in [2.05, 4.69) is 41.2 Å². The van der Waals surface area contributed by atoms with E-state index in [0.717, 1.165) is 36.8 Å². The number of para-hydroxylation sites is 1. The molecule has 1 aromatic carbocycles. The molecular weight excluding hydrogens is 276 g/mol. The summed E-state index contributed by atoms with van der Waals surface area (Å²) in [6.07, 6.45) is 2.82. The average Bonchev–Trinajstić information content (AvgIpc) is 2.52. The van der Waals surface area contributed by atoms with Crippen molar-refractivity contribution in [1.29, 1.82) is 0 Å². The predicted octanol–water partition coefficient (Wildman–Crippen LogP) is 1.87. The van der Waals surface area contributed by atoms with Gasteiger partial charge in [-0.05, 0) is 33.1 Å². The number of aliphatic imine (C=N–C) groups is 1. The first-order valence-corrected chi connectivity index (χ1v) is 7.58. The molecule has 0 aliphatic carbocycles. The highest BCUT2D eigenvalue weighted by Crippen LogP contribution is 2.17. The van der Waals surface area contributed by atoms with Crippen molar-refractivity contribution >= 4 is 5.96 Å². The van der Waals surface area contributed by atoms with E-state index < -0.39 is 0 Å². The zero-order valence-corrected chi connectivity index (χ0v) is 13.9. The van der Waals surface area contributed by atoms with Crippen LogP contribution in [0.5, 0.6) is 5.75 Å². The molecule has 1 rings (SSSR count). The van der Waals surface area contributed by atoms with Crippen LogP contribution in [0.2, 0.25) is 0 Å².